The maximum Gasteiger partial charge on any atom is 0.263 e. The van der Waals surface area contributed by atoms with Gasteiger partial charge in [-0.2, -0.15) is 0 Å². The average molecular weight is 325 g/mol. The van der Waals surface area contributed by atoms with Crippen molar-refractivity contribution in [1.29, 1.82) is 0 Å². The summed E-state index contributed by atoms with van der Waals surface area (Å²) in [6.45, 7) is 2.23. The van der Waals surface area contributed by atoms with E-state index in [-0.39, 0.29) is 5.91 Å². The molecule has 0 saturated carbocycles. The number of rotatable bonds is 5. The molecular formula is C17H15N3O2S. The Morgan fingerprint density at radius 2 is 2.00 bits per heavy atom. The summed E-state index contributed by atoms with van der Waals surface area (Å²) in [6, 6.07) is 13.1. The van der Waals surface area contributed by atoms with Crippen molar-refractivity contribution in [3.63, 3.8) is 0 Å². The normalized spacial score (nSPS) is 10.3. The summed E-state index contributed by atoms with van der Waals surface area (Å²) in [5, 5.41) is 2.86. The fraction of sp³-hybridized carbons (Fsp3) is 0.118. The number of benzene rings is 1. The first-order valence-electron chi connectivity index (χ1n) is 7.08. The van der Waals surface area contributed by atoms with Crippen LogP contribution in [0.2, 0.25) is 0 Å². The molecule has 0 spiro atoms. The van der Waals surface area contributed by atoms with Gasteiger partial charge in [0.05, 0.1) is 11.2 Å². The minimum atomic E-state index is -0.116. The predicted octanol–water partition coefficient (Wildman–Crippen LogP) is 3.57. The van der Waals surface area contributed by atoms with Gasteiger partial charge < -0.3 is 10.1 Å². The number of aromatic nitrogens is 2. The molecule has 0 atom stereocenters. The summed E-state index contributed by atoms with van der Waals surface area (Å²) in [5.41, 5.74) is 3.32. The second-order valence-corrected chi connectivity index (χ2v) is 5.72. The number of hydrogen-bond acceptors (Lipinski definition) is 5. The SMILES string of the molecule is Cc1ncsc1C(=O)NCc1ccc(Oc2ccccc2)nc1. The van der Waals surface area contributed by atoms with Gasteiger partial charge in [-0.25, -0.2) is 9.97 Å². The van der Waals surface area contributed by atoms with E-state index in [4.69, 9.17) is 4.74 Å². The Bertz CT molecular complexity index is 785. The molecule has 1 amide bonds. The lowest BCUT2D eigenvalue weighted by Crippen LogP contribution is -2.22. The van der Waals surface area contributed by atoms with Gasteiger partial charge in [0.1, 0.15) is 10.6 Å². The Hall–Kier alpha value is -2.73. The molecule has 0 aliphatic heterocycles. The van der Waals surface area contributed by atoms with E-state index in [0.29, 0.717) is 17.3 Å². The van der Waals surface area contributed by atoms with E-state index in [0.717, 1.165) is 17.0 Å². The minimum Gasteiger partial charge on any atom is -0.439 e. The summed E-state index contributed by atoms with van der Waals surface area (Å²) in [4.78, 5) is 21.0. The molecule has 6 heteroatoms. The van der Waals surface area contributed by atoms with E-state index in [9.17, 15) is 4.79 Å². The molecule has 116 valence electrons. The van der Waals surface area contributed by atoms with Crippen molar-refractivity contribution >= 4 is 17.2 Å². The average Bonchev–Trinajstić information content (AvgIpc) is 3.01. The van der Waals surface area contributed by atoms with Gasteiger partial charge in [0, 0.05) is 18.8 Å². The number of hydrogen-bond donors (Lipinski definition) is 1. The molecule has 2 heterocycles. The highest BCUT2D eigenvalue weighted by molar-refractivity contribution is 7.11. The zero-order valence-electron chi connectivity index (χ0n) is 12.5. The molecule has 0 saturated heterocycles. The Kier molecular flexibility index (Phi) is 4.63. The summed E-state index contributed by atoms with van der Waals surface area (Å²) < 4.78 is 5.63. The van der Waals surface area contributed by atoms with E-state index in [1.807, 2.05) is 43.3 Å². The fourth-order valence-corrected chi connectivity index (χ4v) is 2.69. The summed E-state index contributed by atoms with van der Waals surface area (Å²) in [7, 11) is 0. The minimum absolute atomic E-state index is 0.116. The molecular weight excluding hydrogens is 310 g/mol. The smallest absolute Gasteiger partial charge is 0.263 e. The van der Waals surface area contributed by atoms with Crippen LogP contribution in [-0.2, 0) is 6.54 Å². The van der Waals surface area contributed by atoms with Crippen LogP contribution in [0.1, 0.15) is 20.9 Å². The molecule has 1 N–H and O–H groups in total. The van der Waals surface area contributed by atoms with Gasteiger partial charge in [-0.3, -0.25) is 4.79 Å². The Morgan fingerprint density at radius 1 is 1.17 bits per heavy atom. The third kappa shape index (κ3) is 3.92. The lowest BCUT2D eigenvalue weighted by atomic mass is 10.2. The van der Waals surface area contributed by atoms with Crippen LogP contribution in [0.3, 0.4) is 0 Å². The van der Waals surface area contributed by atoms with E-state index in [1.165, 1.54) is 11.3 Å². The van der Waals surface area contributed by atoms with Crippen molar-refractivity contribution in [1.82, 2.24) is 15.3 Å². The van der Waals surface area contributed by atoms with Gasteiger partial charge in [0.15, 0.2) is 0 Å². The zero-order chi connectivity index (χ0) is 16.1. The standard InChI is InChI=1S/C17H15N3O2S/c1-12-16(23-11-20-12)17(21)19-10-13-7-8-15(18-9-13)22-14-5-3-2-4-6-14/h2-9,11H,10H2,1H3,(H,19,21). The second-order valence-electron chi connectivity index (χ2n) is 4.87. The molecule has 0 fully saturated rings. The highest BCUT2D eigenvalue weighted by atomic mass is 32.1. The molecule has 0 aliphatic rings. The van der Waals surface area contributed by atoms with Crippen molar-refractivity contribution in [3.8, 4) is 11.6 Å². The lowest BCUT2D eigenvalue weighted by molar-refractivity contribution is 0.0954. The van der Waals surface area contributed by atoms with E-state index in [2.05, 4.69) is 15.3 Å². The number of nitrogens with one attached hydrogen (secondary N) is 1. The number of ether oxygens (including phenoxy) is 1. The first-order chi connectivity index (χ1) is 11.2. The highest BCUT2D eigenvalue weighted by Crippen LogP contribution is 2.18. The quantitative estimate of drug-likeness (QED) is 0.779. The number of thiazole rings is 1. The van der Waals surface area contributed by atoms with E-state index in [1.54, 1.807) is 17.8 Å². The van der Waals surface area contributed by atoms with Gasteiger partial charge in [0.2, 0.25) is 5.88 Å². The Balaban J connectivity index is 1.57. The number of carbonyl (C=O) groups is 1. The molecule has 2 aromatic heterocycles. The highest BCUT2D eigenvalue weighted by Gasteiger charge is 2.11. The summed E-state index contributed by atoms with van der Waals surface area (Å²) in [6.07, 6.45) is 1.69. The fourth-order valence-electron chi connectivity index (χ4n) is 1.97. The molecule has 3 rings (SSSR count). The van der Waals surface area contributed by atoms with Crippen molar-refractivity contribution in [3.05, 3.63) is 70.3 Å². The van der Waals surface area contributed by atoms with Crippen molar-refractivity contribution in [2.24, 2.45) is 0 Å². The van der Waals surface area contributed by atoms with Gasteiger partial charge in [-0.15, -0.1) is 11.3 Å². The number of aryl methyl sites for hydroxylation is 1. The maximum absolute atomic E-state index is 12.0. The van der Waals surface area contributed by atoms with E-state index < -0.39 is 0 Å². The van der Waals surface area contributed by atoms with Crippen molar-refractivity contribution in [2.45, 2.75) is 13.5 Å². The third-order valence-electron chi connectivity index (χ3n) is 3.17. The molecule has 0 aliphatic carbocycles. The first-order valence-corrected chi connectivity index (χ1v) is 7.96. The largest absolute Gasteiger partial charge is 0.439 e. The maximum atomic E-state index is 12.0. The Morgan fingerprint density at radius 3 is 2.65 bits per heavy atom. The molecule has 5 nitrogen and oxygen atoms in total. The molecule has 3 aromatic rings. The van der Waals surface area contributed by atoms with Crippen molar-refractivity contribution in [2.75, 3.05) is 0 Å². The van der Waals surface area contributed by atoms with Crippen LogP contribution in [0.15, 0.2) is 54.2 Å². The van der Waals surface area contributed by atoms with Gasteiger partial charge >= 0.3 is 0 Å². The van der Waals surface area contributed by atoms with Gasteiger partial charge in [0.25, 0.3) is 5.91 Å². The second kappa shape index (κ2) is 7.02. The van der Waals surface area contributed by atoms with Crippen LogP contribution in [0.25, 0.3) is 0 Å². The van der Waals surface area contributed by atoms with Crippen LogP contribution in [0.4, 0.5) is 0 Å². The van der Waals surface area contributed by atoms with Crippen LogP contribution in [0, 0.1) is 6.92 Å². The molecule has 23 heavy (non-hydrogen) atoms. The monoisotopic (exact) mass is 325 g/mol. The zero-order valence-corrected chi connectivity index (χ0v) is 13.3. The number of pyridine rings is 1. The predicted molar refractivity (Wildman–Crippen MR) is 88.8 cm³/mol. The molecule has 0 radical (unpaired) electrons. The number of para-hydroxylation sites is 1. The van der Waals surface area contributed by atoms with E-state index >= 15 is 0 Å². The molecule has 0 unspecified atom stereocenters. The topological polar surface area (TPSA) is 64.1 Å². The van der Waals surface area contributed by atoms with Crippen LogP contribution in [0.5, 0.6) is 11.6 Å². The molecule has 1 aromatic carbocycles. The number of carbonyl (C=O) groups excluding carboxylic acids is 1. The van der Waals surface area contributed by atoms with Gasteiger partial charge in [-0.05, 0) is 24.6 Å². The third-order valence-corrected chi connectivity index (χ3v) is 4.10. The number of nitrogens with zero attached hydrogens (tertiary/aromatic N) is 2. The Labute approximate surface area is 138 Å². The van der Waals surface area contributed by atoms with Crippen molar-refractivity contribution < 1.29 is 9.53 Å². The number of amides is 1. The summed E-state index contributed by atoms with van der Waals surface area (Å²) >= 11 is 1.34. The lowest BCUT2D eigenvalue weighted by Gasteiger charge is -2.06. The molecule has 0 bridgehead atoms. The van der Waals surface area contributed by atoms with Crippen LogP contribution in [-0.4, -0.2) is 15.9 Å². The van der Waals surface area contributed by atoms with Crippen LogP contribution < -0.4 is 10.1 Å². The summed E-state index contributed by atoms with van der Waals surface area (Å²) in [5.74, 6) is 1.14. The first kappa shape index (κ1) is 15.2. The van der Waals surface area contributed by atoms with Gasteiger partial charge in [-0.1, -0.05) is 24.3 Å². The van der Waals surface area contributed by atoms with Crippen LogP contribution >= 0.6 is 11.3 Å².